The first-order valence-corrected chi connectivity index (χ1v) is 25.7. The Morgan fingerprint density at radius 1 is 0.576 bits per heavy atom. The summed E-state index contributed by atoms with van der Waals surface area (Å²) in [4.78, 5) is 5.35. The Hall–Kier alpha value is -4.44. The van der Waals surface area contributed by atoms with Gasteiger partial charge in [-0.1, -0.05) is 134 Å². The van der Waals surface area contributed by atoms with E-state index in [9.17, 15) is 0 Å². The van der Waals surface area contributed by atoms with Gasteiger partial charge in [0.25, 0.3) is 6.71 Å². The van der Waals surface area contributed by atoms with Gasteiger partial charge >= 0.3 is 0 Å². The predicted molar refractivity (Wildman–Crippen MR) is 283 cm³/mol. The molecule has 1 fully saturated rings. The third-order valence-corrected chi connectivity index (χ3v) is 18.7. The molecule has 6 aliphatic rings. The number of furan rings is 1. The summed E-state index contributed by atoms with van der Waals surface area (Å²) in [6.07, 6.45) is 10.8. The smallest absolute Gasteiger partial charge is 0.297 e. The number of nitrogens with zero attached hydrogens (tertiary/aromatic N) is 2. The van der Waals surface area contributed by atoms with E-state index >= 15 is 0 Å². The van der Waals surface area contributed by atoms with Crippen LogP contribution in [0.25, 0.3) is 6.08 Å². The molecule has 1 unspecified atom stereocenters. The molecule has 2 aliphatic heterocycles. The number of anilines is 6. The standard InChI is InChI=1S/C62H77BN2O/c1-36-28-50-53-51(29-36)65(48-21-18-38(30-37(48)2)56(3,4)5)54-40-32-43-46(62(16,17)27-24-59(43,10)11)35-52(40)66-55(54)63(53)47-33-44-45(61(14,15)26-25-60(44,12)13)34-49(47)64(50)39-19-20-41-42(31-39)58(8,9)23-22-57(41,6)7/h18-21,28-34,46H,22-27,35H2,1-17H3. The van der Waals surface area contributed by atoms with Gasteiger partial charge in [0.15, 0.2) is 0 Å². The van der Waals surface area contributed by atoms with E-state index in [1.54, 1.807) is 5.57 Å². The summed E-state index contributed by atoms with van der Waals surface area (Å²) in [5.74, 6) is 1.62. The fourth-order valence-electron chi connectivity index (χ4n) is 13.9. The minimum absolute atomic E-state index is 0.0435. The summed E-state index contributed by atoms with van der Waals surface area (Å²) in [5, 5.41) is 0. The zero-order valence-corrected chi connectivity index (χ0v) is 43.8. The monoisotopic (exact) mass is 877 g/mol. The van der Waals surface area contributed by atoms with Gasteiger partial charge in [-0.2, -0.15) is 0 Å². The number of allylic oxidation sites excluding steroid dienone is 1. The van der Waals surface area contributed by atoms with Gasteiger partial charge in [-0.15, -0.1) is 0 Å². The lowest BCUT2D eigenvalue weighted by molar-refractivity contribution is 0.119. The molecule has 4 aliphatic carbocycles. The Bertz CT molecular complexity index is 2940. The van der Waals surface area contributed by atoms with Crippen LogP contribution >= 0.6 is 0 Å². The molecule has 0 spiro atoms. The number of rotatable bonds is 2. The Morgan fingerprint density at radius 3 is 1.77 bits per heavy atom. The fourth-order valence-corrected chi connectivity index (χ4v) is 13.9. The van der Waals surface area contributed by atoms with Crippen LogP contribution in [0.15, 0.2) is 70.7 Å². The van der Waals surface area contributed by atoms with Crippen LogP contribution in [-0.2, 0) is 33.5 Å². The second-order valence-electron chi connectivity index (χ2n) is 27.2. The van der Waals surface area contributed by atoms with Crippen LogP contribution in [0.4, 0.5) is 34.1 Å². The van der Waals surface area contributed by atoms with Crippen molar-refractivity contribution in [1.29, 1.82) is 0 Å². The molecule has 0 radical (unpaired) electrons. The first-order chi connectivity index (χ1) is 30.6. The van der Waals surface area contributed by atoms with Crippen molar-refractivity contribution in [3.05, 3.63) is 117 Å². The van der Waals surface area contributed by atoms with Gasteiger partial charge in [-0.05, 0) is 189 Å². The Balaban J connectivity index is 1.26. The van der Waals surface area contributed by atoms with Gasteiger partial charge in [0.2, 0.25) is 0 Å². The molecular formula is C62H77BN2O. The van der Waals surface area contributed by atoms with E-state index in [1.807, 2.05) is 0 Å². The largest absolute Gasteiger partial charge is 0.472 e. The van der Waals surface area contributed by atoms with Crippen LogP contribution < -0.4 is 26.4 Å². The van der Waals surface area contributed by atoms with Crippen molar-refractivity contribution in [3.8, 4) is 0 Å². The summed E-state index contributed by atoms with van der Waals surface area (Å²) in [5.41, 5.74) is 25.1. The van der Waals surface area contributed by atoms with E-state index in [4.69, 9.17) is 4.42 Å². The van der Waals surface area contributed by atoms with Gasteiger partial charge in [-0.3, -0.25) is 0 Å². The summed E-state index contributed by atoms with van der Waals surface area (Å²) in [7, 11) is 0. The molecular weight excluding hydrogens is 800 g/mol. The van der Waals surface area contributed by atoms with Crippen molar-refractivity contribution in [2.24, 2.45) is 16.7 Å². The first-order valence-electron chi connectivity index (χ1n) is 25.7. The fraction of sp³-hybridized carbons (Fsp3) is 0.516. The molecule has 1 saturated carbocycles. The molecule has 4 heteroatoms. The van der Waals surface area contributed by atoms with Gasteiger partial charge in [-0.25, -0.2) is 0 Å². The lowest BCUT2D eigenvalue weighted by Crippen LogP contribution is -2.61. The number of fused-ring (bicyclic) bond motifs is 9. The molecule has 0 N–H and O–H groups in total. The van der Waals surface area contributed by atoms with E-state index in [2.05, 4.69) is 194 Å². The Kier molecular flexibility index (Phi) is 9.11. The average Bonchev–Trinajstić information content (AvgIpc) is 3.60. The average molecular weight is 877 g/mol. The molecule has 5 aromatic rings. The van der Waals surface area contributed by atoms with Crippen LogP contribution in [0.5, 0.6) is 0 Å². The Labute approximate surface area is 398 Å². The minimum Gasteiger partial charge on any atom is -0.472 e. The lowest BCUT2D eigenvalue weighted by Gasteiger charge is -2.50. The molecule has 3 heterocycles. The molecule has 0 amide bonds. The minimum atomic E-state index is -0.0616. The quantitative estimate of drug-likeness (QED) is 0.161. The van der Waals surface area contributed by atoms with Crippen molar-refractivity contribution in [2.75, 3.05) is 9.80 Å². The molecule has 1 aromatic heterocycles. The molecule has 344 valence electrons. The van der Waals surface area contributed by atoms with Gasteiger partial charge in [0.1, 0.15) is 5.76 Å². The third kappa shape index (κ3) is 6.27. The molecule has 4 aromatic carbocycles. The second-order valence-corrected chi connectivity index (χ2v) is 27.2. The van der Waals surface area contributed by atoms with Crippen LogP contribution in [0.1, 0.15) is 193 Å². The summed E-state index contributed by atoms with van der Waals surface area (Å²) in [6.45, 7) is 41.4. The number of benzene rings is 4. The lowest BCUT2D eigenvalue weighted by atomic mass is 9.35. The second kappa shape index (κ2) is 13.6. The van der Waals surface area contributed by atoms with Crippen molar-refractivity contribution in [3.63, 3.8) is 0 Å². The maximum Gasteiger partial charge on any atom is 0.297 e. The summed E-state index contributed by atoms with van der Waals surface area (Å²) < 4.78 is 7.74. The summed E-state index contributed by atoms with van der Waals surface area (Å²) in [6, 6.07) is 25.1. The highest BCUT2D eigenvalue weighted by molar-refractivity contribution is 6.99. The van der Waals surface area contributed by atoms with Crippen molar-refractivity contribution < 1.29 is 4.42 Å². The molecule has 0 bridgehead atoms. The highest BCUT2D eigenvalue weighted by Gasteiger charge is 2.52. The molecule has 3 nitrogen and oxygen atoms in total. The van der Waals surface area contributed by atoms with Crippen molar-refractivity contribution >= 4 is 63.5 Å². The number of hydrogen-bond donors (Lipinski definition) is 0. The Morgan fingerprint density at radius 2 is 1.15 bits per heavy atom. The van der Waals surface area contributed by atoms with Crippen LogP contribution in [0.2, 0.25) is 0 Å². The van der Waals surface area contributed by atoms with Gasteiger partial charge in [0, 0.05) is 40.4 Å². The topological polar surface area (TPSA) is 19.6 Å². The van der Waals surface area contributed by atoms with E-state index in [0.717, 1.165) is 12.1 Å². The van der Waals surface area contributed by atoms with Gasteiger partial charge < -0.3 is 14.2 Å². The van der Waals surface area contributed by atoms with E-state index < -0.39 is 0 Å². The van der Waals surface area contributed by atoms with E-state index in [-0.39, 0.29) is 44.6 Å². The maximum atomic E-state index is 7.74. The third-order valence-electron chi connectivity index (χ3n) is 18.7. The van der Waals surface area contributed by atoms with Crippen molar-refractivity contribution in [1.82, 2.24) is 0 Å². The molecule has 11 rings (SSSR count). The van der Waals surface area contributed by atoms with Crippen LogP contribution in [0, 0.1) is 30.6 Å². The normalized spacial score (nSPS) is 23.1. The highest BCUT2D eigenvalue weighted by atomic mass is 16.3. The van der Waals surface area contributed by atoms with E-state index in [0.29, 0.717) is 5.92 Å². The molecule has 66 heavy (non-hydrogen) atoms. The predicted octanol–water partition coefficient (Wildman–Crippen LogP) is 15.4. The maximum absolute atomic E-state index is 7.74. The number of aryl methyl sites for hydroxylation is 2. The molecule has 1 atom stereocenters. The van der Waals surface area contributed by atoms with Crippen LogP contribution in [0.3, 0.4) is 0 Å². The summed E-state index contributed by atoms with van der Waals surface area (Å²) >= 11 is 0. The first kappa shape index (κ1) is 44.1. The van der Waals surface area contributed by atoms with Crippen molar-refractivity contribution in [2.45, 2.75) is 190 Å². The zero-order chi connectivity index (χ0) is 47.2. The number of hydrogen-bond acceptors (Lipinski definition) is 3. The van der Waals surface area contributed by atoms with E-state index in [1.165, 1.54) is 134 Å². The van der Waals surface area contributed by atoms with Gasteiger partial charge in [0.05, 0.1) is 11.3 Å². The molecule has 0 saturated heterocycles. The highest BCUT2D eigenvalue weighted by Crippen LogP contribution is 2.59. The zero-order valence-electron chi connectivity index (χ0n) is 43.8. The van der Waals surface area contributed by atoms with Crippen LogP contribution in [-0.4, -0.2) is 6.71 Å². The SMILES string of the molecule is Cc1cc2c3c(c1)N(c1ccc(C(C)(C)C)cc1C)c1c(oc4c1C=C1C(C4)C(C)(C)CCC1(C)C)B3c1cc3c(cc1N2c1ccc2c(c1)C(C)(C)CCC2(C)C)C(C)(C)CCC3(C)C.